The molecule has 0 bridgehead atoms. The molecule has 1 aromatic rings. The van der Waals surface area contributed by atoms with Crippen molar-refractivity contribution in [3.63, 3.8) is 0 Å². The predicted octanol–water partition coefficient (Wildman–Crippen LogP) is 4.72. The Morgan fingerprint density at radius 2 is 1.53 bits per heavy atom. The molecule has 0 heterocycles. The molecule has 0 aliphatic rings. The molecule has 1 rings (SSSR count). The summed E-state index contributed by atoms with van der Waals surface area (Å²) in [4.78, 5) is 0. The third kappa shape index (κ3) is 3.85. The van der Waals surface area contributed by atoms with Crippen molar-refractivity contribution in [2.45, 2.75) is 65.6 Å². The van der Waals surface area contributed by atoms with Crippen LogP contribution in [0.1, 0.15) is 58.2 Å². The lowest BCUT2D eigenvalue weighted by Crippen LogP contribution is -2.29. The van der Waals surface area contributed by atoms with Gasteiger partial charge < -0.3 is 5.73 Å². The van der Waals surface area contributed by atoms with Crippen LogP contribution in [0.5, 0.6) is 0 Å². The van der Waals surface area contributed by atoms with Gasteiger partial charge in [-0.05, 0) is 33.6 Å². The Hall–Kier alpha value is -0.763. The molecule has 2 heteroatoms. The van der Waals surface area contributed by atoms with Gasteiger partial charge in [-0.1, -0.05) is 66.8 Å². The molecule has 1 atom stereocenters. The van der Waals surface area contributed by atoms with Gasteiger partial charge in [-0.15, -0.1) is 0 Å². The maximum Gasteiger partial charge on any atom is 0.0394 e. The summed E-state index contributed by atoms with van der Waals surface area (Å²) < 4.78 is 0. The van der Waals surface area contributed by atoms with Gasteiger partial charge in [0.15, 0.2) is 0 Å². The highest BCUT2D eigenvalue weighted by molar-refractivity contribution is 6.57. The molecular weight excluding hydrogens is 246 g/mol. The molecule has 0 aliphatic heterocycles. The van der Waals surface area contributed by atoms with Gasteiger partial charge in [0, 0.05) is 14.5 Å². The summed E-state index contributed by atoms with van der Waals surface area (Å²) in [6, 6.07) is 6.77. The van der Waals surface area contributed by atoms with Gasteiger partial charge in [0.05, 0.1) is 0 Å². The minimum absolute atomic E-state index is 0.120. The van der Waals surface area contributed by atoms with Crippen LogP contribution < -0.4 is 5.73 Å². The first kappa shape index (κ1) is 16.3. The van der Waals surface area contributed by atoms with Gasteiger partial charge in [0.25, 0.3) is 0 Å². The summed E-state index contributed by atoms with van der Waals surface area (Å²) >= 11 is 0. The average molecular weight is 278 g/mol. The zero-order valence-corrected chi connectivity index (χ0v) is 15.1. The Morgan fingerprint density at radius 1 is 1.00 bits per heavy atom. The summed E-state index contributed by atoms with van der Waals surface area (Å²) in [5.74, 6) is 0. The fourth-order valence-electron chi connectivity index (χ4n) is 3.34. The Balaban J connectivity index is 3.26. The second-order valence-corrected chi connectivity index (χ2v) is 11.3. The van der Waals surface area contributed by atoms with Crippen molar-refractivity contribution in [3.8, 4) is 0 Å². The number of benzene rings is 1. The number of nitrogens with two attached hydrogens (primary N) is 1. The Kier molecular flexibility index (Phi) is 4.56. The van der Waals surface area contributed by atoms with Gasteiger partial charge in [-0.2, -0.15) is 0 Å². The van der Waals surface area contributed by atoms with Gasteiger partial charge >= 0.3 is 0 Å². The molecule has 2 N–H and O–H groups in total. The molecule has 0 aromatic heterocycles. The number of hydrogen-bond acceptors (Lipinski definition) is 1. The molecule has 1 nitrogen and oxygen atoms in total. The molecule has 0 aliphatic carbocycles. The number of rotatable bonds is 2. The highest BCUT2D eigenvalue weighted by atomic mass is 28.3. The van der Waals surface area contributed by atoms with Crippen molar-refractivity contribution in [1.29, 1.82) is 0 Å². The van der Waals surface area contributed by atoms with Crippen molar-refractivity contribution in [1.82, 2.24) is 0 Å². The second kappa shape index (κ2) is 5.32. The van der Waals surface area contributed by atoms with Gasteiger partial charge in [0.2, 0.25) is 0 Å². The zero-order valence-electron chi connectivity index (χ0n) is 14.0. The summed E-state index contributed by atoms with van der Waals surface area (Å²) in [6.07, 6.45) is 0. The summed E-state index contributed by atoms with van der Waals surface area (Å²) in [6.45, 7) is 18.6. The SMILES string of the molecule is C[SiH](C)C(c1ccc(C(C)(C)C)c(N)c1)C(C)(C)C. The van der Waals surface area contributed by atoms with Crippen LogP contribution in [0.4, 0.5) is 5.69 Å². The first-order valence-electron chi connectivity index (χ1n) is 7.34. The molecule has 0 amide bonds. The number of hydrogen-bond donors (Lipinski definition) is 1. The first-order chi connectivity index (χ1) is 8.44. The number of nitrogen functional groups attached to an aromatic ring is 1. The largest absolute Gasteiger partial charge is 0.398 e. The first-order valence-corrected chi connectivity index (χ1v) is 10.3. The molecule has 0 saturated heterocycles. The lowest BCUT2D eigenvalue weighted by Gasteiger charge is -2.34. The van der Waals surface area contributed by atoms with E-state index in [1.807, 2.05) is 0 Å². The van der Waals surface area contributed by atoms with Crippen LogP contribution in [-0.4, -0.2) is 8.80 Å². The van der Waals surface area contributed by atoms with Crippen molar-refractivity contribution in [2.24, 2.45) is 5.41 Å². The molecule has 0 fully saturated rings. The van der Waals surface area contributed by atoms with E-state index in [2.05, 4.69) is 72.8 Å². The fourth-order valence-corrected chi connectivity index (χ4v) is 6.32. The minimum atomic E-state index is -0.771. The Labute approximate surface area is 121 Å². The highest BCUT2D eigenvalue weighted by Crippen LogP contribution is 2.39. The molecular formula is C17H31NSi. The van der Waals surface area contributed by atoms with Crippen molar-refractivity contribution in [2.75, 3.05) is 5.73 Å². The topological polar surface area (TPSA) is 26.0 Å². The molecule has 0 saturated carbocycles. The van der Waals surface area contributed by atoms with Gasteiger partial charge in [-0.3, -0.25) is 0 Å². The fraction of sp³-hybridized carbons (Fsp3) is 0.647. The van der Waals surface area contributed by atoms with Gasteiger partial charge in [0.1, 0.15) is 0 Å². The molecule has 1 unspecified atom stereocenters. The van der Waals surface area contributed by atoms with Crippen LogP contribution >= 0.6 is 0 Å². The zero-order chi connectivity index (χ0) is 15.0. The van der Waals surface area contributed by atoms with Gasteiger partial charge in [-0.25, -0.2) is 0 Å². The van der Waals surface area contributed by atoms with Crippen LogP contribution in [0.3, 0.4) is 0 Å². The van der Waals surface area contributed by atoms with Crippen LogP contribution in [0.2, 0.25) is 13.1 Å². The lowest BCUT2D eigenvalue weighted by atomic mass is 9.82. The maximum atomic E-state index is 6.30. The summed E-state index contributed by atoms with van der Waals surface area (Å²) in [7, 11) is -0.771. The van der Waals surface area contributed by atoms with E-state index >= 15 is 0 Å². The highest BCUT2D eigenvalue weighted by Gasteiger charge is 2.30. The van der Waals surface area contributed by atoms with Crippen LogP contribution in [0.25, 0.3) is 0 Å². The van der Waals surface area contributed by atoms with Crippen molar-refractivity contribution in [3.05, 3.63) is 29.3 Å². The van der Waals surface area contributed by atoms with Crippen LogP contribution in [-0.2, 0) is 5.41 Å². The molecule has 1 aromatic carbocycles. The molecule has 108 valence electrons. The second-order valence-electron chi connectivity index (χ2n) is 8.18. The lowest BCUT2D eigenvalue weighted by molar-refractivity contribution is 0.389. The van der Waals surface area contributed by atoms with E-state index < -0.39 is 8.80 Å². The van der Waals surface area contributed by atoms with E-state index in [0.717, 1.165) is 5.69 Å². The van der Waals surface area contributed by atoms with E-state index in [-0.39, 0.29) is 5.41 Å². The number of anilines is 1. The van der Waals surface area contributed by atoms with Crippen molar-refractivity contribution >= 4 is 14.5 Å². The molecule has 0 radical (unpaired) electrons. The third-order valence-electron chi connectivity index (χ3n) is 3.84. The Bertz CT molecular complexity index is 436. The van der Waals surface area contributed by atoms with Crippen LogP contribution in [0, 0.1) is 5.41 Å². The third-order valence-corrected chi connectivity index (χ3v) is 6.56. The molecule has 0 spiro atoms. The smallest absolute Gasteiger partial charge is 0.0394 e. The van der Waals surface area contributed by atoms with E-state index in [4.69, 9.17) is 5.73 Å². The monoisotopic (exact) mass is 277 g/mol. The van der Waals surface area contributed by atoms with Crippen molar-refractivity contribution < 1.29 is 0 Å². The van der Waals surface area contributed by atoms with E-state index in [0.29, 0.717) is 11.0 Å². The maximum absolute atomic E-state index is 6.30. The van der Waals surface area contributed by atoms with E-state index in [9.17, 15) is 0 Å². The van der Waals surface area contributed by atoms with E-state index in [1.54, 1.807) is 0 Å². The Morgan fingerprint density at radius 3 is 1.84 bits per heavy atom. The predicted molar refractivity (Wildman–Crippen MR) is 90.6 cm³/mol. The standard InChI is InChI=1S/C17H31NSi/c1-16(2,3)13-10-9-12(11-14(13)18)15(19(7)8)17(4,5)6/h9-11,15,19H,18H2,1-8H3. The quantitative estimate of drug-likeness (QED) is 0.614. The average Bonchev–Trinajstić information content (AvgIpc) is 2.11. The summed E-state index contributed by atoms with van der Waals surface area (Å²) in [5.41, 5.74) is 11.1. The normalized spacial score (nSPS) is 14.8. The molecule has 19 heavy (non-hydrogen) atoms. The van der Waals surface area contributed by atoms with Crippen LogP contribution in [0.15, 0.2) is 18.2 Å². The summed E-state index contributed by atoms with van der Waals surface area (Å²) in [5, 5.41) is 0. The minimum Gasteiger partial charge on any atom is -0.398 e. The van der Waals surface area contributed by atoms with E-state index in [1.165, 1.54) is 11.1 Å².